The molecule has 0 atom stereocenters. The Labute approximate surface area is 160 Å². The van der Waals surface area contributed by atoms with E-state index in [4.69, 9.17) is 17.0 Å². The Morgan fingerprint density at radius 1 is 1.08 bits per heavy atom. The van der Waals surface area contributed by atoms with Gasteiger partial charge < -0.3 is 4.74 Å². The number of hydrogen-bond donors (Lipinski definition) is 0. The first kappa shape index (κ1) is 16.8. The van der Waals surface area contributed by atoms with Crippen LogP contribution in [0.25, 0.3) is 17.0 Å². The number of para-hydroxylation sites is 3. The molecule has 0 saturated carbocycles. The number of carbonyl (C=O) groups excluding carboxylic acids is 1. The summed E-state index contributed by atoms with van der Waals surface area (Å²) < 4.78 is 5.84. The van der Waals surface area contributed by atoms with Gasteiger partial charge in [0.1, 0.15) is 5.75 Å². The molecule has 2 aromatic carbocycles. The van der Waals surface area contributed by atoms with Gasteiger partial charge in [0.2, 0.25) is 0 Å². The Hall–Kier alpha value is -2.70. The average Bonchev–Trinajstić information content (AvgIpc) is 2.94. The first-order valence-electron chi connectivity index (χ1n) is 7.94. The smallest absolute Gasteiger partial charge is 0.270 e. The summed E-state index contributed by atoms with van der Waals surface area (Å²) in [4.78, 5) is 19.6. The summed E-state index contributed by atoms with van der Waals surface area (Å²) in [6, 6.07) is 19.1. The number of hydrogen-bond acceptors (Lipinski definition) is 5. The second kappa shape index (κ2) is 6.90. The Balaban J connectivity index is 1.71. The maximum absolute atomic E-state index is 12.9. The number of amides is 1. The molecule has 0 unspecified atom stereocenters. The Bertz CT molecular complexity index is 1060. The molecule has 1 aliphatic rings. The summed E-state index contributed by atoms with van der Waals surface area (Å²) in [5, 5.41) is 1.06. The predicted molar refractivity (Wildman–Crippen MR) is 110 cm³/mol. The number of nitrogens with zero attached hydrogens (tertiary/aromatic N) is 2. The molecule has 4 rings (SSSR count). The molecular formula is C20H14N2O2S2. The van der Waals surface area contributed by atoms with Gasteiger partial charge in [0.05, 0.1) is 28.9 Å². The van der Waals surface area contributed by atoms with Gasteiger partial charge in [-0.15, -0.1) is 0 Å². The highest BCUT2D eigenvalue weighted by Gasteiger charge is 2.34. The quantitative estimate of drug-likeness (QED) is 0.490. The number of thioether (sulfide) groups is 1. The van der Waals surface area contributed by atoms with Gasteiger partial charge >= 0.3 is 0 Å². The molecule has 0 N–H and O–H groups in total. The Morgan fingerprint density at radius 3 is 2.69 bits per heavy atom. The van der Waals surface area contributed by atoms with Crippen LogP contribution in [0.15, 0.2) is 65.6 Å². The highest BCUT2D eigenvalue weighted by Crippen LogP contribution is 2.39. The number of methoxy groups -OCH3 is 1. The van der Waals surface area contributed by atoms with Crippen molar-refractivity contribution < 1.29 is 9.53 Å². The maximum atomic E-state index is 12.9. The van der Waals surface area contributed by atoms with Crippen molar-refractivity contribution in [3.8, 4) is 5.75 Å². The fourth-order valence-corrected chi connectivity index (χ4v) is 4.06. The molecule has 0 bridgehead atoms. The fourth-order valence-electron chi connectivity index (χ4n) is 2.79. The lowest BCUT2D eigenvalue weighted by Crippen LogP contribution is -2.27. The minimum atomic E-state index is -0.167. The first-order valence-corrected chi connectivity index (χ1v) is 9.16. The van der Waals surface area contributed by atoms with Gasteiger partial charge in [-0.3, -0.25) is 9.69 Å². The minimum absolute atomic E-state index is 0.167. The van der Waals surface area contributed by atoms with Crippen LogP contribution < -0.4 is 9.64 Å². The SMILES string of the molecule is COc1ccccc1N1C(=O)/C(=C/c2ccc3ccccc3n2)SC1=S. The molecule has 2 heterocycles. The monoisotopic (exact) mass is 378 g/mol. The van der Waals surface area contributed by atoms with Crippen LogP contribution in [0.3, 0.4) is 0 Å². The molecule has 128 valence electrons. The van der Waals surface area contributed by atoms with E-state index in [2.05, 4.69) is 4.98 Å². The number of carbonyl (C=O) groups is 1. The lowest BCUT2D eigenvalue weighted by molar-refractivity contribution is -0.113. The van der Waals surface area contributed by atoms with Crippen LogP contribution in [0.2, 0.25) is 0 Å². The van der Waals surface area contributed by atoms with Crippen molar-refractivity contribution >= 4 is 56.9 Å². The van der Waals surface area contributed by atoms with Gasteiger partial charge in [0, 0.05) is 5.39 Å². The number of thiocarbonyl (C=S) groups is 1. The molecule has 1 fully saturated rings. The second-order valence-electron chi connectivity index (χ2n) is 5.62. The number of fused-ring (bicyclic) bond motifs is 1. The van der Waals surface area contributed by atoms with Gasteiger partial charge in [-0.2, -0.15) is 0 Å². The third kappa shape index (κ3) is 2.98. The van der Waals surface area contributed by atoms with Gasteiger partial charge in [-0.05, 0) is 30.3 Å². The van der Waals surface area contributed by atoms with Crippen molar-refractivity contribution in [3.63, 3.8) is 0 Å². The van der Waals surface area contributed by atoms with Crippen molar-refractivity contribution in [2.45, 2.75) is 0 Å². The fraction of sp³-hybridized carbons (Fsp3) is 0.0500. The summed E-state index contributed by atoms with van der Waals surface area (Å²) >= 11 is 6.70. The van der Waals surface area contributed by atoms with Crippen molar-refractivity contribution in [1.82, 2.24) is 4.98 Å². The molecule has 6 heteroatoms. The van der Waals surface area contributed by atoms with Crippen molar-refractivity contribution in [2.75, 3.05) is 12.0 Å². The highest BCUT2D eigenvalue weighted by molar-refractivity contribution is 8.27. The van der Waals surface area contributed by atoms with Crippen LogP contribution in [-0.2, 0) is 4.79 Å². The van der Waals surface area contributed by atoms with E-state index < -0.39 is 0 Å². The van der Waals surface area contributed by atoms with E-state index in [0.717, 1.165) is 16.6 Å². The highest BCUT2D eigenvalue weighted by atomic mass is 32.2. The standard InChI is InChI=1S/C20H14N2O2S2/c1-24-17-9-5-4-8-16(17)22-19(23)18(26-20(22)25)12-14-11-10-13-6-2-3-7-15(13)21-14/h2-12H,1H3/b18-12-. The lowest BCUT2D eigenvalue weighted by atomic mass is 10.2. The normalized spacial score (nSPS) is 15.9. The molecule has 1 aliphatic heterocycles. The maximum Gasteiger partial charge on any atom is 0.270 e. The van der Waals surface area contributed by atoms with E-state index >= 15 is 0 Å². The average molecular weight is 378 g/mol. The van der Waals surface area contributed by atoms with E-state index in [9.17, 15) is 4.79 Å². The molecule has 26 heavy (non-hydrogen) atoms. The number of pyridine rings is 1. The Kier molecular flexibility index (Phi) is 4.44. The summed E-state index contributed by atoms with van der Waals surface area (Å²) in [6.07, 6.45) is 1.78. The Morgan fingerprint density at radius 2 is 1.85 bits per heavy atom. The molecule has 0 aliphatic carbocycles. The molecule has 1 aromatic heterocycles. The number of benzene rings is 2. The number of ether oxygens (including phenoxy) is 1. The van der Waals surface area contributed by atoms with E-state index in [1.807, 2.05) is 60.7 Å². The van der Waals surface area contributed by atoms with Gasteiger partial charge in [-0.1, -0.05) is 60.4 Å². The summed E-state index contributed by atoms with van der Waals surface area (Å²) in [6.45, 7) is 0. The summed E-state index contributed by atoms with van der Waals surface area (Å²) in [5.74, 6) is 0.438. The zero-order valence-corrected chi connectivity index (χ0v) is 15.5. The number of rotatable bonds is 3. The summed E-state index contributed by atoms with van der Waals surface area (Å²) in [7, 11) is 1.57. The van der Waals surface area contributed by atoms with Crippen LogP contribution in [-0.4, -0.2) is 22.3 Å². The van der Waals surface area contributed by atoms with Crippen molar-refractivity contribution in [2.24, 2.45) is 0 Å². The molecule has 0 radical (unpaired) electrons. The molecular weight excluding hydrogens is 364 g/mol. The predicted octanol–water partition coefficient (Wildman–Crippen LogP) is 4.65. The summed E-state index contributed by atoms with van der Waals surface area (Å²) in [5.41, 5.74) is 2.26. The van der Waals surface area contributed by atoms with Crippen molar-refractivity contribution in [3.05, 3.63) is 71.3 Å². The van der Waals surface area contributed by atoms with Gasteiger partial charge in [0.25, 0.3) is 5.91 Å². The van der Waals surface area contributed by atoms with Crippen LogP contribution in [0.1, 0.15) is 5.69 Å². The van der Waals surface area contributed by atoms with Gasteiger partial charge in [-0.25, -0.2) is 4.98 Å². The second-order valence-corrected chi connectivity index (χ2v) is 7.29. The molecule has 1 amide bonds. The largest absolute Gasteiger partial charge is 0.495 e. The van der Waals surface area contributed by atoms with Crippen molar-refractivity contribution in [1.29, 1.82) is 0 Å². The topological polar surface area (TPSA) is 42.4 Å². The number of aromatic nitrogens is 1. The lowest BCUT2D eigenvalue weighted by Gasteiger charge is -2.17. The molecule has 3 aromatic rings. The van der Waals surface area contributed by atoms with Crippen LogP contribution in [0.5, 0.6) is 5.75 Å². The van der Waals surface area contributed by atoms with Gasteiger partial charge in [0.15, 0.2) is 4.32 Å². The van der Waals surface area contributed by atoms with E-state index in [0.29, 0.717) is 20.7 Å². The van der Waals surface area contributed by atoms with E-state index in [-0.39, 0.29) is 5.91 Å². The third-order valence-corrected chi connectivity index (χ3v) is 5.32. The van der Waals surface area contributed by atoms with Crippen LogP contribution in [0.4, 0.5) is 5.69 Å². The third-order valence-electron chi connectivity index (χ3n) is 4.02. The molecule has 1 saturated heterocycles. The zero-order valence-electron chi connectivity index (χ0n) is 13.9. The minimum Gasteiger partial charge on any atom is -0.495 e. The first-order chi connectivity index (χ1) is 12.7. The van der Waals surface area contributed by atoms with Crippen LogP contribution in [0, 0.1) is 0 Å². The molecule has 0 spiro atoms. The van der Waals surface area contributed by atoms with Crippen LogP contribution >= 0.6 is 24.0 Å². The number of anilines is 1. The molecule has 4 nitrogen and oxygen atoms in total. The van der Waals surface area contributed by atoms with E-state index in [1.165, 1.54) is 16.7 Å². The zero-order chi connectivity index (χ0) is 18.1. The van der Waals surface area contributed by atoms with E-state index in [1.54, 1.807) is 13.2 Å².